The van der Waals surface area contributed by atoms with Crippen molar-refractivity contribution in [2.75, 3.05) is 7.11 Å². The van der Waals surface area contributed by atoms with Crippen molar-refractivity contribution in [3.63, 3.8) is 0 Å². The second-order valence-electron chi connectivity index (χ2n) is 5.06. The Balaban J connectivity index is 1.84. The Morgan fingerprint density at radius 2 is 1.87 bits per heavy atom. The third kappa shape index (κ3) is 3.63. The molecule has 1 aliphatic heterocycles. The van der Waals surface area contributed by atoms with Crippen LogP contribution in [-0.2, 0) is 4.79 Å². The molecule has 2 aromatic carbocycles. The van der Waals surface area contributed by atoms with Crippen LogP contribution in [0.1, 0.15) is 11.1 Å². The second kappa shape index (κ2) is 6.71. The highest BCUT2D eigenvalue weighted by atomic mass is 32.2. The predicted molar refractivity (Wildman–Crippen MR) is 95.0 cm³/mol. The number of rotatable bonds is 3. The number of carbonyl (C=O) groups is 1. The second-order valence-corrected chi connectivity index (χ2v) is 6.09. The number of amides is 1. The molecule has 2 aromatic rings. The van der Waals surface area contributed by atoms with Gasteiger partial charge in [-0.05, 0) is 42.5 Å². The SMILES string of the molecule is COc1ccccc1N=C1NC(=O)C(=Cc2ccc(C)cc2)S1. The number of ether oxygens (including phenoxy) is 1. The van der Waals surface area contributed by atoms with Crippen LogP contribution >= 0.6 is 11.8 Å². The number of para-hydroxylation sites is 2. The summed E-state index contributed by atoms with van der Waals surface area (Å²) in [6, 6.07) is 15.5. The molecule has 0 unspecified atom stereocenters. The minimum Gasteiger partial charge on any atom is -0.494 e. The maximum atomic E-state index is 12.1. The topological polar surface area (TPSA) is 50.7 Å². The van der Waals surface area contributed by atoms with Crippen LogP contribution in [0.3, 0.4) is 0 Å². The first kappa shape index (κ1) is 15.4. The lowest BCUT2D eigenvalue weighted by atomic mass is 10.1. The predicted octanol–water partition coefficient (Wildman–Crippen LogP) is 3.90. The Morgan fingerprint density at radius 3 is 2.61 bits per heavy atom. The van der Waals surface area contributed by atoms with E-state index >= 15 is 0 Å². The van der Waals surface area contributed by atoms with Crippen molar-refractivity contribution in [1.82, 2.24) is 5.32 Å². The van der Waals surface area contributed by atoms with Gasteiger partial charge in [0.1, 0.15) is 11.4 Å². The fourth-order valence-electron chi connectivity index (χ4n) is 2.13. The average Bonchev–Trinajstić information content (AvgIpc) is 2.89. The molecule has 0 aliphatic carbocycles. The highest BCUT2D eigenvalue weighted by Crippen LogP contribution is 2.31. The van der Waals surface area contributed by atoms with Gasteiger partial charge < -0.3 is 10.1 Å². The number of aliphatic imine (C=N–C) groups is 1. The summed E-state index contributed by atoms with van der Waals surface area (Å²) >= 11 is 1.33. The van der Waals surface area contributed by atoms with Gasteiger partial charge in [0, 0.05) is 0 Å². The summed E-state index contributed by atoms with van der Waals surface area (Å²) in [5, 5.41) is 3.34. The summed E-state index contributed by atoms with van der Waals surface area (Å²) in [5.41, 5.74) is 2.87. The van der Waals surface area contributed by atoms with Crippen molar-refractivity contribution in [2.45, 2.75) is 6.92 Å². The first-order valence-corrected chi connectivity index (χ1v) is 7.96. The van der Waals surface area contributed by atoms with E-state index in [4.69, 9.17) is 4.74 Å². The zero-order valence-electron chi connectivity index (χ0n) is 12.9. The van der Waals surface area contributed by atoms with Gasteiger partial charge in [-0.25, -0.2) is 4.99 Å². The summed E-state index contributed by atoms with van der Waals surface area (Å²) in [7, 11) is 1.60. The van der Waals surface area contributed by atoms with E-state index in [1.165, 1.54) is 17.3 Å². The highest BCUT2D eigenvalue weighted by molar-refractivity contribution is 8.18. The Hall–Kier alpha value is -2.53. The molecule has 0 bridgehead atoms. The van der Waals surface area contributed by atoms with Crippen LogP contribution < -0.4 is 10.1 Å². The van der Waals surface area contributed by atoms with Crippen molar-refractivity contribution in [3.8, 4) is 5.75 Å². The molecule has 1 fully saturated rings. The normalized spacial score (nSPS) is 17.6. The maximum Gasteiger partial charge on any atom is 0.264 e. The van der Waals surface area contributed by atoms with Crippen molar-refractivity contribution < 1.29 is 9.53 Å². The molecular formula is C18H16N2O2S. The number of nitrogens with zero attached hydrogens (tertiary/aromatic N) is 1. The van der Waals surface area contributed by atoms with E-state index < -0.39 is 0 Å². The van der Waals surface area contributed by atoms with E-state index in [0.29, 0.717) is 21.5 Å². The van der Waals surface area contributed by atoms with Gasteiger partial charge in [0.25, 0.3) is 5.91 Å². The van der Waals surface area contributed by atoms with Gasteiger partial charge in [-0.15, -0.1) is 0 Å². The summed E-state index contributed by atoms with van der Waals surface area (Å²) in [6.45, 7) is 2.03. The molecule has 23 heavy (non-hydrogen) atoms. The zero-order valence-corrected chi connectivity index (χ0v) is 13.7. The lowest BCUT2D eigenvalue weighted by molar-refractivity contribution is -0.115. The van der Waals surface area contributed by atoms with E-state index in [2.05, 4.69) is 10.3 Å². The number of hydrogen-bond acceptors (Lipinski definition) is 4. The number of amidine groups is 1. The number of nitrogens with one attached hydrogen (secondary N) is 1. The molecule has 0 radical (unpaired) electrons. The number of benzene rings is 2. The van der Waals surface area contributed by atoms with Gasteiger partial charge in [0.05, 0.1) is 12.0 Å². The minimum absolute atomic E-state index is 0.135. The van der Waals surface area contributed by atoms with Gasteiger partial charge >= 0.3 is 0 Å². The van der Waals surface area contributed by atoms with Crippen LogP contribution in [0.25, 0.3) is 6.08 Å². The highest BCUT2D eigenvalue weighted by Gasteiger charge is 2.24. The molecule has 0 aromatic heterocycles. The third-order valence-electron chi connectivity index (χ3n) is 3.33. The number of carbonyl (C=O) groups excluding carboxylic acids is 1. The molecule has 1 amide bonds. The smallest absolute Gasteiger partial charge is 0.264 e. The summed E-state index contributed by atoms with van der Waals surface area (Å²) in [5.74, 6) is 0.537. The minimum atomic E-state index is -0.135. The quantitative estimate of drug-likeness (QED) is 0.871. The van der Waals surface area contributed by atoms with E-state index in [0.717, 1.165) is 5.56 Å². The van der Waals surface area contributed by atoms with Crippen LogP contribution in [0.4, 0.5) is 5.69 Å². The Morgan fingerprint density at radius 1 is 1.13 bits per heavy atom. The van der Waals surface area contributed by atoms with E-state index in [9.17, 15) is 4.79 Å². The van der Waals surface area contributed by atoms with Crippen LogP contribution in [0.2, 0.25) is 0 Å². The van der Waals surface area contributed by atoms with Crippen LogP contribution in [-0.4, -0.2) is 18.2 Å². The van der Waals surface area contributed by atoms with Crippen LogP contribution in [0, 0.1) is 6.92 Å². The van der Waals surface area contributed by atoms with Gasteiger partial charge in [0.2, 0.25) is 0 Å². The first-order valence-electron chi connectivity index (χ1n) is 7.15. The van der Waals surface area contributed by atoms with Crippen molar-refractivity contribution >= 4 is 34.6 Å². The van der Waals surface area contributed by atoms with E-state index in [1.54, 1.807) is 7.11 Å². The van der Waals surface area contributed by atoms with E-state index in [-0.39, 0.29) is 5.91 Å². The molecule has 0 spiro atoms. The molecule has 1 N–H and O–H groups in total. The molecular weight excluding hydrogens is 308 g/mol. The largest absolute Gasteiger partial charge is 0.494 e. The molecule has 0 saturated carbocycles. The molecule has 1 saturated heterocycles. The number of thioether (sulfide) groups is 1. The van der Waals surface area contributed by atoms with Gasteiger partial charge in [-0.2, -0.15) is 0 Å². The molecule has 116 valence electrons. The van der Waals surface area contributed by atoms with Crippen molar-refractivity contribution in [2.24, 2.45) is 4.99 Å². The Labute approximate surface area is 139 Å². The summed E-state index contributed by atoms with van der Waals surface area (Å²) in [4.78, 5) is 17.2. The Kier molecular flexibility index (Phi) is 4.48. The van der Waals surface area contributed by atoms with Crippen molar-refractivity contribution in [3.05, 3.63) is 64.6 Å². The van der Waals surface area contributed by atoms with Crippen LogP contribution in [0.15, 0.2) is 58.4 Å². The van der Waals surface area contributed by atoms with Gasteiger partial charge in [-0.3, -0.25) is 4.79 Å². The van der Waals surface area contributed by atoms with Gasteiger partial charge in [0.15, 0.2) is 5.17 Å². The summed E-state index contributed by atoms with van der Waals surface area (Å²) in [6.07, 6.45) is 1.87. The molecule has 0 atom stereocenters. The fraction of sp³-hybridized carbons (Fsp3) is 0.111. The zero-order chi connectivity index (χ0) is 16.2. The number of aryl methyl sites for hydroxylation is 1. The average molecular weight is 324 g/mol. The maximum absolute atomic E-state index is 12.1. The standard InChI is InChI=1S/C18H16N2O2S/c1-12-7-9-13(10-8-12)11-16-17(21)20-18(23-16)19-14-5-3-4-6-15(14)22-2/h3-11H,1-2H3,(H,19,20,21). The van der Waals surface area contributed by atoms with E-state index in [1.807, 2.05) is 61.5 Å². The first-order chi connectivity index (χ1) is 11.2. The third-order valence-corrected chi connectivity index (χ3v) is 4.24. The van der Waals surface area contributed by atoms with Gasteiger partial charge in [-0.1, -0.05) is 42.0 Å². The fourth-order valence-corrected chi connectivity index (χ4v) is 2.96. The molecule has 1 heterocycles. The molecule has 4 nitrogen and oxygen atoms in total. The summed E-state index contributed by atoms with van der Waals surface area (Å²) < 4.78 is 5.27. The molecule has 3 rings (SSSR count). The van der Waals surface area contributed by atoms with Crippen molar-refractivity contribution in [1.29, 1.82) is 0 Å². The lowest BCUT2D eigenvalue weighted by Gasteiger charge is -2.03. The molecule has 5 heteroatoms. The molecule has 1 aliphatic rings. The monoisotopic (exact) mass is 324 g/mol. The number of methoxy groups -OCH3 is 1. The number of hydrogen-bond donors (Lipinski definition) is 1. The Bertz CT molecular complexity index is 795. The van der Waals surface area contributed by atoms with Crippen LogP contribution in [0.5, 0.6) is 5.75 Å². The lowest BCUT2D eigenvalue weighted by Crippen LogP contribution is -2.19.